The number of halogens is 1. The summed E-state index contributed by atoms with van der Waals surface area (Å²) < 4.78 is 12.9. The van der Waals surface area contributed by atoms with E-state index in [0.717, 1.165) is 24.9 Å². The first-order valence-corrected chi connectivity index (χ1v) is 6.96. The van der Waals surface area contributed by atoms with Crippen LogP contribution in [0, 0.1) is 5.82 Å². The number of hydrogen-bond acceptors (Lipinski definition) is 2. The lowest BCUT2D eigenvalue weighted by Gasteiger charge is -2.17. The van der Waals surface area contributed by atoms with Crippen molar-refractivity contribution < 1.29 is 9.50 Å². The lowest BCUT2D eigenvalue weighted by molar-refractivity contribution is 0.475. The van der Waals surface area contributed by atoms with Gasteiger partial charge in [0.2, 0.25) is 0 Å². The minimum atomic E-state index is -0.201. The SMILES string of the molecule is CCC(NCCc1ccc(O)cc1)c1ccc(F)cc1. The molecule has 0 saturated carbocycles. The van der Waals surface area contributed by atoms with E-state index in [1.807, 2.05) is 24.3 Å². The summed E-state index contributed by atoms with van der Waals surface area (Å²) in [5, 5.41) is 12.7. The van der Waals surface area contributed by atoms with Crippen molar-refractivity contribution in [3.05, 3.63) is 65.5 Å². The maximum Gasteiger partial charge on any atom is 0.123 e. The molecule has 0 aliphatic rings. The van der Waals surface area contributed by atoms with Gasteiger partial charge in [-0.25, -0.2) is 4.39 Å². The van der Waals surface area contributed by atoms with Crippen LogP contribution in [0.15, 0.2) is 48.5 Å². The van der Waals surface area contributed by atoms with Crippen molar-refractivity contribution in [3.8, 4) is 5.75 Å². The molecule has 0 heterocycles. The van der Waals surface area contributed by atoms with Crippen LogP contribution < -0.4 is 5.32 Å². The number of phenolic OH excluding ortho intramolecular Hbond substituents is 1. The van der Waals surface area contributed by atoms with E-state index in [4.69, 9.17) is 0 Å². The van der Waals surface area contributed by atoms with E-state index >= 15 is 0 Å². The van der Waals surface area contributed by atoms with Crippen molar-refractivity contribution in [2.75, 3.05) is 6.54 Å². The number of rotatable bonds is 6. The van der Waals surface area contributed by atoms with Gasteiger partial charge in [0.15, 0.2) is 0 Å². The quantitative estimate of drug-likeness (QED) is 0.838. The fraction of sp³-hybridized carbons (Fsp3) is 0.294. The second-order valence-corrected chi connectivity index (χ2v) is 4.88. The van der Waals surface area contributed by atoms with Crippen molar-refractivity contribution in [1.82, 2.24) is 5.32 Å². The minimum absolute atomic E-state index is 0.201. The van der Waals surface area contributed by atoms with E-state index in [2.05, 4.69) is 12.2 Å². The summed E-state index contributed by atoms with van der Waals surface area (Å²) in [7, 11) is 0. The summed E-state index contributed by atoms with van der Waals surface area (Å²) in [6.07, 6.45) is 1.86. The largest absolute Gasteiger partial charge is 0.508 e. The van der Waals surface area contributed by atoms with Crippen LogP contribution >= 0.6 is 0 Å². The lowest BCUT2D eigenvalue weighted by Crippen LogP contribution is -2.23. The van der Waals surface area contributed by atoms with E-state index in [-0.39, 0.29) is 11.9 Å². The molecule has 1 atom stereocenters. The molecule has 0 spiro atoms. The van der Waals surface area contributed by atoms with Crippen LogP contribution in [-0.4, -0.2) is 11.7 Å². The molecule has 0 saturated heterocycles. The fourth-order valence-electron chi connectivity index (χ4n) is 2.25. The number of aromatic hydroxyl groups is 1. The van der Waals surface area contributed by atoms with Crippen molar-refractivity contribution in [2.45, 2.75) is 25.8 Å². The highest BCUT2D eigenvalue weighted by Crippen LogP contribution is 2.17. The van der Waals surface area contributed by atoms with Crippen molar-refractivity contribution in [2.24, 2.45) is 0 Å². The molecule has 0 aromatic heterocycles. The Morgan fingerprint density at radius 2 is 1.70 bits per heavy atom. The zero-order chi connectivity index (χ0) is 14.4. The first kappa shape index (κ1) is 14.5. The van der Waals surface area contributed by atoms with Gasteiger partial charge < -0.3 is 10.4 Å². The predicted molar refractivity (Wildman–Crippen MR) is 79.2 cm³/mol. The molecule has 0 fully saturated rings. The molecule has 20 heavy (non-hydrogen) atoms. The summed E-state index contributed by atoms with van der Waals surface area (Å²) in [5.74, 6) is 0.0900. The topological polar surface area (TPSA) is 32.3 Å². The molecule has 2 rings (SSSR count). The maximum absolute atomic E-state index is 12.9. The highest BCUT2D eigenvalue weighted by atomic mass is 19.1. The van der Waals surface area contributed by atoms with Gasteiger partial charge in [-0.15, -0.1) is 0 Å². The summed E-state index contributed by atoms with van der Waals surface area (Å²) >= 11 is 0. The normalized spacial score (nSPS) is 12.3. The summed E-state index contributed by atoms with van der Waals surface area (Å²) in [6.45, 7) is 2.96. The molecule has 1 unspecified atom stereocenters. The Balaban J connectivity index is 1.87. The van der Waals surface area contributed by atoms with Crippen LogP contribution in [0.1, 0.15) is 30.5 Å². The molecule has 106 valence electrons. The third kappa shape index (κ3) is 4.07. The van der Waals surface area contributed by atoms with E-state index < -0.39 is 0 Å². The molecular weight excluding hydrogens is 253 g/mol. The lowest BCUT2D eigenvalue weighted by atomic mass is 10.0. The van der Waals surface area contributed by atoms with Gasteiger partial charge in [0, 0.05) is 6.04 Å². The third-order valence-corrected chi connectivity index (χ3v) is 3.42. The summed E-state index contributed by atoms with van der Waals surface area (Å²) in [5.41, 5.74) is 2.30. The van der Waals surface area contributed by atoms with Gasteiger partial charge in [-0.3, -0.25) is 0 Å². The van der Waals surface area contributed by atoms with Gasteiger partial charge in [0.25, 0.3) is 0 Å². The highest BCUT2D eigenvalue weighted by molar-refractivity contribution is 5.26. The summed E-state index contributed by atoms with van der Waals surface area (Å²) in [4.78, 5) is 0. The fourth-order valence-corrected chi connectivity index (χ4v) is 2.25. The Bertz CT molecular complexity index is 522. The molecule has 3 heteroatoms. The van der Waals surface area contributed by atoms with Crippen LogP contribution in [0.2, 0.25) is 0 Å². The number of benzene rings is 2. The standard InChI is InChI=1S/C17H20FNO/c1-2-17(14-5-7-15(18)8-6-14)19-12-11-13-3-9-16(20)10-4-13/h3-10,17,19-20H,2,11-12H2,1H3. The second-order valence-electron chi connectivity index (χ2n) is 4.88. The Labute approximate surface area is 119 Å². The second kappa shape index (κ2) is 7.06. The molecule has 2 N–H and O–H groups in total. The van der Waals surface area contributed by atoms with Crippen molar-refractivity contribution in [3.63, 3.8) is 0 Å². The average molecular weight is 273 g/mol. The first-order chi connectivity index (χ1) is 9.69. The molecule has 0 aliphatic heterocycles. The molecule has 0 amide bonds. The number of phenols is 1. The van der Waals surface area contributed by atoms with Gasteiger partial charge in [0.05, 0.1) is 0 Å². The minimum Gasteiger partial charge on any atom is -0.508 e. The van der Waals surface area contributed by atoms with E-state index in [0.29, 0.717) is 5.75 Å². The average Bonchev–Trinajstić information content (AvgIpc) is 2.47. The molecule has 0 bridgehead atoms. The van der Waals surface area contributed by atoms with Gasteiger partial charge in [-0.1, -0.05) is 31.2 Å². The molecule has 2 aromatic rings. The van der Waals surface area contributed by atoms with Gasteiger partial charge in [-0.2, -0.15) is 0 Å². The van der Waals surface area contributed by atoms with Crippen LogP contribution in [0.25, 0.3) is 0 Å². The van der Waals surface area contributed by atoms with Crippen LogP contribution in [0.3, 0.4) is 0 Å². The zero-order valence-corrected chi connectivity index (χ0v) is 11.6. The molecule has 2 nitrogen and oxygen atoms in total. The first-order valence-electron chi connectivity index (χ1n) is 6.96. The summed E-state index contributed by atoms with van der Waals surface area (Å²) in [6, 6.07) is 14.2. The Morgan fingerprint density at radius 3 is 2.30 bits per heavy atom. The maximum atomic E-state index is 12.9. The van der Waals surface area contributed by atoms with Gasteiger partial charge in [-0.05, 0) is 54.8 Å². The zero-order valence-electron chi connectivity index (χ0n) is 11.6. The monoisotopic (exact) mass is 273 g/mol. The molecule has 0 radical (unpaired) electrons. The van der Waals surface area contributed by atoms with E-state index in [9.17, 15) is 9.50 Å². The number of hydrogen-bond donors (Lipinski definition) is 2. The third-order valence-electron chi connectivity index (χ3n) is 3.42. The van der Waals surface area contributed by atoms with Gasteiger partial charge in [0.1, 0.15) is 11.6 Å². The van der Waals surface area contributed by atoms with E-state index in [1.54, 1.807) is 12.1 Å². The Hall–Kier alpha value is -1.87. The predicted octanol–water partition coefficient (Wildman–Crippen LogP) is 3.81. The van der Waals surface area contributed by atoms with E-state index in [1.165, 1.54) is 17.7 Å². The van der Waals surface area contributed by atoms with Crippen LogP contribution in [0.5, 0.6) is 5.75 Å². The van der Waals surface area contributed by atoms with Crippen molar-refractivity contribution in [1.29, 1.82) is 0 Å². The Morgan fingerprint density at radius 1 is 1.05 bits per heavy atom. The smallest absolute Gasteiger partial charge is 0.123 e. The molecular formula is C17H20FNO. The van der Waals surface area contributed by atoms with Crippen molar-refractivity contribution >= 4 is 0 Å². The molecule has 0 aliphatic carbocycles. The van der Waals surface area contributed by atoms with Crippen LogP contribution in [0.4, 0.5) is 4.39 Å². The molecule has 2 aromatic carbocycles. The van der Waals surface area contributed by atoms with Crippen LogP contribution in [-0.2, 0) is 6.42 Å². The highest BCUT2D eigenvalue weighted by Gasteiger charge is 2.08. The van der Waals surface area contributed by atoms with Gasteiger partial charge >= 0.3 is 0 Å². The Kier molecular flexibility index (Phi) is 5.13. The number of nitrogens with one attached hydrogen (secondary N) is 1.